The van der Waals surface area contributed by atoms with Gasteiger partial charge in [-0.05, 0) is 18.8 Å². The van der Waals surface area contributed by atoms with Crippen LogP contribution in [-0.4, -0.2) is 39.8 Å². The molecule has 0 aromatic carbocycles. The summed E-state index contributed by atoms with van der Waals surface area (Å²) in [6, 6.07) is 0. The number of carbonyl (C=O) groups excluding carboxylic acids is 2. The maximum Gasteiger partial charge on any atom is 0.274 e. The van der Waals surface area contributed by atoms with Crippen molar-refractivity contribution < 1.29 is 9.59 Å². The van der Waals surface area contributed by atoms with E-state index in [1.807, 2.05) is 13.8 Å². The number of hydrogen-bond acceptors (Lipinski definition) is 4. The molecule has 2 amide bonds. The molecule has 1 fully saturated rings. The van der Waals surface area contributed by atoms with Crippen molar-refractivity contribution in [3.63, 3.8) is 0 Å². The van der Waals surface area contributed by atoms with Crippen LogP contribution in [0.5, 0.6) is 0 Å². The molecule has 1 aliphatic heterocycles. The zero-order valence-corrected chi connectivity index (χ0v) is 13.6. The molecule has 1 saturated heterocycles. The third kappa shape index (κ3) is 3.94. The van der Waals surface area contributed by atoms with Crippen LogP contribution in [0.1, 0.15) is 55.3 Å². The monoisotopic (exact) mass is 324 g/mol. The summed E-state index contributed by atoms with van der Waals surface area (Å²) >= 11 is 6.08. The highest BCUT2D eigenvalue weighted by molar-refractivity contribution is 6.33. The van der Waals surface area contributed by atoms with Crippen molar-refractivity contribution in [1.29, 1.82) is 0 Å². The van der Waals surface area contributed by atoms with Gasteiger partial charge in [-0.3, -0.25) is 9.59 Å². The Kier molecular flexibility index (Phi) is 5.34. The Bertz CT molecular complexity index is 569. The molecular formula is C15H21ClN4O2. The third-order valence-corrected chi connectivity index (χ3v) is 4.15. The second-order valence-electron chi connectivity index (χ2n) is 5.99. The molecule has 2 rings (SSSR count). The largest absolute Gasteiger partial charge is 0.370 e. The molecule has 120 valence electrons. The number of nitrogens with zero attached hydrogens (tertiary/aromatic N) is 3. The molecule has 0 aliphatic carbocycles. The first-order valence-corrected chi connectivity index (χ1v) is 7.86. The van der Waals surface area contributed by atoms with Crippen LogP contribution in [-0.2, 0) is 4.79 Å². The summed E-state index contributed by atoms with van der Waals surface area (Å²) in [6.07, 6.45) is 3.41. The number of amides is 2. The topological polar surface area (TPSA) is 89.2 Å². The lowest BCUT2D eigenvalue weighted by molar-refractivity contribution is -0.119. The first-order chi connectivity index (χ1) is 10.4. The van der Waals surface area contributed by atoms with Crippen molar-refractivity contribution in [1.82, 2.24) is 14.9 Å². The number of rotatable bonds is 4. The maximum atomic E-state index is 12.6. The standard InChI is InChI=1S/C15H21ClN4O2/c1-9(2)14-18-8-11(16)13(19-14)15(22)20-5-3-10(4-6-20)7-12(17)21/h8-10H,3-7H2,1-2H3,(H2,17,21). The Balaban J connectivity index is 2.07. The highest BCUT2D eigenvalue weighted by Crippen LogP contribution is 2.23. The van der Waals surface area contributed by atoms with Crippen LogP contribution in [0.3, 0.4) is 0 Å². The van der Waals surface area contributed by atoms with Crippen LogP contribution in [0, 0.1) is 5.92 Å². The van der Waals surface area contributed by atoms with Crippen molar-refractivity contribution in [2.24, 2.45) is 11.7 Å². The number of aromatic nitrogens is 2. The van der Waals surface area contributed by atoms with Crippen LogP contribution in [0.25, 0.3) is 0 Å². The lowest BCUT2D eigenvalue weighted by Crippen LogP contribution is -2.39. The van der Waals surface area contributed by atoms with Crippen molar-refractivity contribution in [2.75, 3.05) is 13.1 Å². The zero-order valence-electron chi connectivity index (χ0n) is 12.9. The number of halogens is 1. The summed E-state index contributed by atoms with van der Waals surface area (Å²) in [5.41, 5.74) is 5.48. The first-order valence-electron chi connectivity index (χ1n) is 7.48. The molecule has 6 nitrogen and oxygen atoms in total. The van der Waals surface area contributed by atoms with E-state index >= 15 is 0 Å². The number of likely N-dealkylation sites (tertiary alicyclic amines) is 1. The summed E-state index contributed by atoms with van der Waals surface area (Å²) in [5.74, 6) is 0.534. The molecule has 0 saturated carbocycles. The summed E-state index contributed by atoms with van der Waals surface area (Å²) in [5, 5.41) is 0.272. The Morgan fingerprint density at radius 2 is 2.05 bits per heavy atom. The Morgan fingerprint density at radius 3 is 2.59 bits per heavy atom. The predicted octanol–water partition coefficient (Wildman–Crippen LogP) is 1.98. The van der Waals surface area contributed by atoms with Gasteiger partial charge in [0.25, 0.3) is 5.91 Å². The van der Waals surface area contributed by atoms with Gasteiger partial charge < -0.3 is 10.6 Å². The quantitative estimate of drug-likeness (QED) is 0.917. The van der Waals surface area contributed by atoms with Gasteiger partial charge >= 0.3 is 0 Å². The van der Waals surface area contributed by atoms with Crippen LogP contribution >= 0.6 is 11.6 Å². The fourth-order valence-corrected chi connectivity index (χ4v) is 2.76. The second-order valence-corrected chi connectivity index (χ2v) is 6.39. The second kappa shape index (κ2) is 7.05. The number of nitrogens with two attached hydrogens (primary N) is 1. The molecule has 2 N–H and O–H groups in total. The molecule has 0 bridgehead atoms. The average Bonchev–Trinajstić information content (AvgIpc) is 2.47. The highest BCUT2D eigenvalue weighted by atomic mass is 35.5. The number of primary amides is 1. The van der Waals surface area contributed by atoms with E-state index in [9.17, 15) is 9.59 Å². The van der Waals surface area contributed by atoms with Gasteiger partial charge in [0, 0.05) is 25.4 Å². The van der Waals surface area contributed by atoms with E-state index in [2.05, 4.69) is 9.97 Å². The Hall–Kier alpha value is -1.69. The SMILES string of the molecule is CC(C)c1ncc(Cl)c(C(=O)N2CCC(CC(N)=O)CC2)n1. The third-order valence-electron chi connectivity index (χ3n) is 3.87. The number of carbonyl (C=O) groups is 2. The minimum absolute atomic E-state index is 0.130. The fraction of sp³-hybridized carbons (Fsp3) is 0.600. The summed E-state index contributed by atoms with van der Waals surface area (Å²) in [6.45, 7) is 5.11. The Morgan fingerprint density at radius 1 is 1.41 bits per heavy atom. The normalized spacial score (nSPS) is 16.1. The van der Waals surface area contributed by atoms with Crippen LogP contribution in [0.2, 0.25) is 5.02 Å². The smallest absolute Gasteiger partial charge is 0.274 e. The van der Waals surface area contributed by atoms with Gasteiger partial charge in [0.05, 0.1) is 11.2 Å². The molecular weight excluding hydrogens is 304 g/mol. The summed E-state index contributed by atoms with van der Waals surface area (Å²) in [7, 11) is 0. The maximum absolute atomic E-state index is 12.6. The molecule has 1 aromatic heterocycles. The van der Waals surface area contributed by atoms with E-state index in [-0.39, 0.29) is 34.4 Å². The highest BCUT2D eigenvalue weighted by Gasteiger charge is 2.27. The summed E-state index contributed by atoms with van der Waals surface area (Å²) < 4.78 is 0. The van der Waals surface area contributed by atoms with E-state index in [4.69, 9.17) is 17.3 Å². The van der Waals surface area contributed by atoms with Gasteiger partial charge in [0.1, 0.15) is 5.82 Å². The molecule has 1 aliphatic rings. The Labute approximate surface area is 135 Å². The molecule has 0 spiro atoms. The van der Waals surface area contributed by atoms with E-state index in [0.29, 0.717) is 25.3 Å². The number of piperidine rings is 1. The molecule has 2 heterocycles. The molecule has 0 atom stereocenters. The van der Waals surface area contributed by atoms with Gasteiger partial charge in [-0.15, -0.1) is 0 Å². The minimum Gasteiger partial charge on any atom is -0.370 e. The van der Waals surface area contributed by atoms with Crippen LogP contribution in [0.4, 0.5) is 0 Å². The van der Waals surface area contributed by atoms with E-state index in [1.54, 1.807) is 4.90 Å². The fourth-order valence-electron chi connectivity index (χ4n) is 2.58. The van der Waals surface area contributed by atoms with Crippen LogP contribution < -0.4 is 5.73 Å². The number of hydrogen-bond donors (Lipinski definition) is 1. The van der Waals surface area contributed by atoms with Gasteiger partial charge in [0.15, 0.2) is 5.69 Å². The van der Waals surface area contributed by atoms with Gasteiger partial charge in [-0.25, -0.2) is 9.97 Å². The van der Waals surface area contributed by atoms with Crippen molar-refractivity contribution in [3.8, 4) is 0 Å². The zero-order chi connectivity index (χ0) is 16.3. The molecule has 22 heavy (non-hydrogen) atoms. The van der Waals surface area contributed by atoms with Crippen LogP contribution in [0.15, 0.2) is 6.20 Å². The molecule has 1 aromatic rings. The minimum atomic E-state index is -0.287. The van der Waals surface area contributed by atoms with E-state index in [0.717, 1.165) is 12.8 Å². The lowest BCUT2D eigenvalue weighted by Gasteiger charge is -2.31. The lowest BCUT2D eigenvalue weighted by atomic mass is 9.93. The molecule has 0 radical (unpaired) electrons. The molecule has 7 heteroatoms. The van der Waals surface area contributed by atoms with Gasteiger partial charge in [-0.1, -0.05) is 25.4 Å². The summed E-state index contributed by atoms with van der Waals surface area (Å²) in [4.78, 5) is 33.7. The molecule has 0 unspecified atom stereocenters. The van der Waals surface area contributed by atoms with E-state index in [1.165, 1.54) is 6.20 Å². The average molecular weight is 325 g/mol. The van der Waals surface area contributed by atoms with Crippen molar-refractivity contribution in [3.05, 3.63) is 22.7 Å². The van der Waals surface area contributed by atoms with Crippen molar-refractivity contribution in [2.45, 2.75) is 39.0 Å². The van der Waals surface area contributed by atoms with Crippen molar-refractivity contribution >= 4 is 23.4 Å². The van der Waals surface area contributed by atoms with E-state index < -0.39 is 0 Å². The van der Waals surface area contributed by atoms with Gasteiger partial charge in [0.2, 0.25) is 5.91 Å². The van der Waals surface area contributed by atoms with Gasteiger partial charge in [-0.2, -0.15) is 0 Å². The first kappa shape index (κ1) is 16.7. The predicted molar refractivity (Wildman–Crippen MR) is 83.6 cm³/mol.